The molecule has 0 aliphatic carbocycles. The van der Waals surface area contributed by atoms with Crippen LogP contribution in [0.1, 0.15) is 17.3 Å². The lowest BCUT2D eigenvalue weighted by atomic mass is 9.99. The highest BCUT2D eigenvalue weighted by molar-refractivity contribution is 6.04. The summed E-state index contributed by atoms with van der Waals surface area (Å²) in [5.74, 6) is -17.4. The van der Waals surface area contributed by atoms with Crippen LogP contribution in [0.25, 0.3) is 0 Å². The summed E-state index contributed by atoms with van der Waals surface area (Å²) in [6.45, 7) is 0.823. The van der Waals surface area contributed by atoms with E-state index in [-0.39, 0.29) is 0 Å². The standard InChI is InChI=1S/C12H7F7O3/c1-6(20)22-8-5-3-2-4-7(8)9(21)10(13,14)11(15,16)12(17,18)19/h2-5H,1H3. The van der Waals surface area contributed by atoms with Gasteiger partial charge in [0, 0.05) is 6.92 Å². The van der Waals surface area contributed by atoms with E-state index in [1.54, 1.807) is 0 Å². The van der Waals surface area contributed by atoms with Crippen molar-refractivity contribution in [3.63, 3.8) is 0 Å². The van der Waals surface area contributed by atoms with E-state index in [2.05, 4.69) is 4.74 Å². The molecule has 0 radical (unpaired) electrons. The minimum Gasteiger partial charge on any atom is -0.426 e. The summed E-state index contributed by atoms with van der Waals surface area (Å²) in [4.78, 5) is 22.2. The van der Waals surface area contributed by atoms with Crippen molar-refractivity contribution in [3.05, 3.63) is 29.8 Å². The highest BCUT2D eigenvalue weighted by atomic mass is 19.4. The predicted molar refractivity (Wildman–Crippen MR) is 58.0 cm³/mol. The van der Waals surface area contributed by atoms with Crippen LogP contribution < -0.4 is 4.74 Å². The number of Topliss-reactive ketones (excluding diaryl/α,β-unsaturated/α-hetero) is 1. The van der Waals surface area contributed by atoms with Gasteiger partial charge in [0.25, 0.3) is 0 Å². The van der Waals surface area contributed by atoms with Crippen LogP contribution in [-0.2, 0) is 4.79 Å². The Morgan fingerprint density at radius 2 is 1.45 bits per heavy atom. The SMILES string of the molecule is CC(=O)Oc1ccccc1C(=O)C(F)(F)C(F)(F)C(F)(F)F. The van der Waals surface area contributed by atoms with E-state index in [1.165, 1.54) is 0 Å². The molecule has 10 heteroatoms. The second-order valence-corrected chi connectivity index (χ2v) is 4.07. The number of esters is 1. The lowest BCUT2D eigenvalue weighted by Crippen LogP contribution is -2.56. The van der Waals surface area contributed by atoms with Crippen molar-refractivity contribution in [1.82, 2.24) is 0 Å². The average molecular weight is 332 g/mol. The van der Waals surface area contributed by atoms with Crippen LogP contribution in [0.5, 0.6) is 5.75 Å². The fraction of sp³-hybridized carbons (Fsp3) is 0.333. The normalized spacial score (nSPS) is 12.9. The summed E-state index contributed by atoms with van der Waals surface area (Å²) < 4.78 is 92.8. The molecular formula is C12H7F7O3. The first-order chi connectivity index (χ1) is 9.82. The molecule has 0 N–H and O–H groups in total. The minimum absolute atomic E-state index is 0.543. The number of hydrogen-bond donors (Lipinski definition) is 0. The summed E-state index contributed by atoms with van der Waals surface area (Å²) in [7, 11) is 0. The Morgan fingerprint density at radius 1 is 0.955 bits per heavy atom. The van der Waals surface area contributed by atoms with E-state index in [0.717, 1.165) is 25.1 Å². The maximum atomic E-state index is 13.3. The van der Waals surface area contributed by atoms with Gasteiger partial charge >= 0.3 is 24.0 Å². The summed E-state index contributed by atoms with van der Waals surface area (Å²) in [5.41, 5.74) is -1.27. The van der Waals surface area contributed by atoms with Gasteiger partial charge in [0.15, 0.2) is 0 Å². The number of rotatable bonds is 4. The van der Waals surface area contributed by atoms with Gasteiger partial charge in [0.2, 0.25) is 5.78 Å². The highest BCUT2D eigenvalue weighted by Gasteiger charge is 2.76. The van der Waals surface area contributed by atoms with E-state index in [9.17, 15) is 40.3 Å². The van der Waals surface area contributed by atoms with Gasteiger partial charge in [-0.3, -0.25) is 9.59 Å². The Kier molecular flexibility index (Phi) is 4.54. The van der Waals surface area contributed by atoms with Crippen molar-refractivity contribution in [3.8, 4) is 5.75 Å². The number of hydrogen-bond acceptors (Lipinski definition) is 3. The first-order valence-electron chi connectivity index (χ1n) is 5.47. The number of para-hydroxylation sites is 1. The molecule has 3 nitrogen and oxygen atoms in total. The molecule has 22 heavy (non-hydrogen) atoms. The molecule has 0 aliphatic rings. The fourth-order valence-electron chi connectivity index (χ4n) is 1.39. The summed E-state index contributed by atoms with van der Waals surface area (Å²) in [6, 6.07) is 3.38. The maximum Gasteiger partial charge on any atom is 0.460 e. The van der Waals surface area contributed by atoms with Gasteiger partial charge in [-0.05, 0) is 12.1 Å². The predicted octanol–water partition coefficient (Wildman–Crippen LogP) is 3.63. The molecule has 0 unspecified atom stereocenters. The topological polar surface area (TPSA) is 43.4 Å². The molecule has 0 aliphatic heterocycles. The number of ether oxygens (including phenoxy) is 1. The molecule has 1 aromatic carbocycles. The molecule has 0 aromatic heterocycles. The zero-order valence-corrected chi connectivity index (χ0v) is 10.7. The zero-order chi connectivity index (χ0) is 17.3. The molecule has 1 rings (SSSR count). The molecule has 0 fully saturated rings. The fourth-order valence-corrected chi connectivity index (χ4v) is 1.39. The Hall–Kier alpha value is -2.13. The van der Waals surface area contributed by atoms with Gasteiger partial charge in [0.05, 0.1) is 5.56 Å². The summed E-state index contributed by atoms with van der Waals surface area (Å²) >= 11 is 0. The van der Waals surface area contributed by atoms with Crippen LogP contribution in [-0.4, -0.2) is 29.8 Å². The number of benzene rings is 1. The lowest BCUT2D eigenvalue weighted by Gasteiger charge is -2.27. The van der Waals surface area contributed by atoms with Crippen LogP contribution >= 0.6 is 0 Å². The van der Waals surface area contributed by atoms with Crippen molar-refractivity contribution >= 4 is 11.8 Å². The second kappa shape index (κ2) is 5.58. The number of halogens is 7. The second-order valence-electron chi connectivity index (χ2n) is 4.07. The first-order valence-corrected chi connectivity index (χ1v) is 5.47. The number of carbonyl (C=O) groups excluding carboxylic acids is 2. The van der Waals surface area contributed by atoms with Crippen LogP contribution in [0.3, 0.4) is 0 Å². The smallest absolute Gasteiger partial charge is 0.426 e. The lowest BCUT2D eigenvalue weighted by molar-refractivity contribution is -0.339. The number of carbonyl (C=O) groups is 2. The minimum atomic E-state index is -6.64. The van der Waals surface area contributed by atoms with Crippen molar-refractivity contribution < 1.29 is 45.1 Å². The third-order valence-corrected chi connectivity index (χ3v) is 2.42. The van der Waals surface area contributed by atoms with Gasteiger partial charge in [-0.1, -0.05) is 12.1 Å². The van der Waals surface area contributed by atoms with Crippen molar-refractivity contribution in [2.45, 2.75) is 24.9 Å². The van der Waals surface area contributed by atoms with Gasteiger partial charge in [-0.15, -0.1) is 0 Å². The molecule has 0 bridgehead atoms. The van der Waals surface area contributed by atoms with E-state index in [0.29, 0.717) is 6.07 Å². The molecule has 0 saturated heterocycles. The van der Waals surface area contributed by atoms with Crippen molar-refractivity contribution in [1.29, 1.82) is 0 Å². The molecular weight excluding hydrogens is 325 g/mol. The summed E-state index contributed by atoms with van der Waals surface area (Å²) in [5, 5.41) is 0. The van der Waals surface area contributed by atoms with Gasteiger partial charge in [0.1, 0.15) is 5.75 Å². The summed E-state index contributed by atoms with van der Waals surface area (Å²) in [6.07, 6.45) is -6.64. The molecule has 0 atom stereocenters. The molecule has 0 spiro atoms. The van der Waals surface area contributed by atoms with Crippen LogP contribution in [0.15, 0.2) is 24.3 Å². The molecule has 1 aromatic rings. The third-order valence-electron chi connectivity index (χ3n) is 2.42. The van der Waals surface area contributed by atoms with E-state index < -0.39 is 41.1 Å². The van der Waals surface area contributed by atoms with Crippen molar-refractivity contribution in [2.24, 2.45) is 0 Å². The van der Waals surface area contributed by atoms with Crippen molar-refractivity contribution in [2.75, 3.05) is 0 Å². The van der Waals surface area contributed by atoms with Gasteiger partial charge in [-0.25, -0.2) is 0 Å². The Morgan fingerprint density at radius 3 is 1.91 bits per heavy atom. The van der Waals surface area contributed by atoms with Crippen LogP contribution in [0, 0.1) is 0 Å². The Labute approximate surface area is 118 Å². The monoisotopic (exact) mass is 332 g/mol. The van der Waals surface area contributed by atoms with E-state index >= 15 is 0 Å². The van der Waals surface area contributed by atoms with E-state index in [4.69, 9.17) is 0 Å². The Bertz CT molecular complexity index is 593. The largest absolute Gasteiger partial charge is 0.460 e. The maximum absolute atomic E-state index is 13.3. The third kappa shape index (κ3) is 3.04. The Balaban J connectivity index is 3.34. The van der Waals surface area contributed by atoms with Gasteiger partial charge in [-0.2, -0.15) is 30.7 Å². The molecule has 0 saturated carbocycles. The van der Waals surface area contributed by atoms with Gasteiger partial charge < -0.3 is 4.74 Å². The first kappa shape index (κ1) is 17.9. The molecule has 0 heterocycles. The molecule has 122 valence electrons. The highest BCUT2D eigenvalue weighted by Crippen LogP contribution is 2.48. The number of ketones is 1. The number of alkyl halides is 7. The van der Waals surface area contributed by atoms with Crippen LogP contribution in [0.4, 0.5) is 30.7 Å². The van der Waals surface area contributed by atoms with Crippen LogP contribution in [0.2, 0.25) is 0 Å². The van der Waals surface area contributed by atoms with E-state index in [1.807, 2.05) is 0 Å². The molecule has 0 amide bonds. The zero-order valence-electron chi connectivity index (χ0n) is 10.7. The quantitative estimate of drug-likeness (QED) is 0.366. The average Bonchev–Trinajstić information content (AvgIpc) is 2.36.